The minimum atomic E-state index is 0.514. The second-order valence-electron chi connectivity index (χ2n) is 4.80. The largest absolute Gasteiger partial charge is 0.374 e. The fraction of sp³-hybridized carbons (Fsp3) is 1.00. The molecule has 0 radical (unpaired) electrons. The van der Waals surface area contributed by atoms with E-state index in [9.17, 15) is 0 Å². The Morgan fingerprint density at radius 1 is 1.20 bits per heavy atom. The number of nitrogens with zero attached hydrogens (tertiary/aromatic N) is 1. The van der Waals surface area contributed by atoms with Crippen LogP contribution < -0.4 is 5.32 Å². The van der Waals surface area contributed by atoms with Crippen LogP contribution in [-0.4, -0.2) is 49.8 Å². The first-order valence-electron chi connectivity index (χ1n) is 6.47. The smallest absolute Gasteiger partial charge is 0.0717 e. The average Bonchev–Trinajstić information content (AvgIpc) is 2.68. The van der Waals surface area contributed by atoms with E-state index in [0.717, 1.165) is 19.6 Å². The quantitative estimate of drug-likeness (QED) is 0.759. The maximum Gasteiger partial charge on any atom is 0.0717 e. The summed E-state index contributed by atoms with van der Waals surface area (Å²) >= 11 is 0. The molecule has 2 aliphatic rings. The van der Waals surface area contributed by atoms with Gasteiger partial charge < -0.3 is 15.0 Å². The fourth-order valence-corrected chi connectivity index (χ4v) is 2.63. The molecule has 2 fully saturated rings. The predicted octanol–water partition coefficient (Wildman–Crippen LogP) is 1.24. The summed E-state index contributed by atoms with van der Waals surface area (Å²) in [5.74, 6) is 0. The lowest BCUT2D eigenvalue weighted by atomic mass is 10.1. The Morgan fingerprint density at radius 2 is 2.00 bits per heavy atom. The molecule has 3 heteroatoms. The maximum atomic E-state index is 6.15. The van der Waals surface area contributed by atoms with Gasteiger partial charge in [-0.25, -0.2) is 0 Å². The Morgan fingerprint density at radius 3 is 2.73 bits per heavy atom. The van der Waals surface area contributed by atoms with Gasteiger partial charge in [0.05, 0.1) is 12.2 Å². The minimum Gasteiger partial charge on any atom is -0.374 e. The number of piperidine rings is 1. The molecule has 2 saturated heterocycles. The van der Waals surface area contributed by atoms with Crippen molar-refractivity contribution in [3.63, 3.8) is 0 Å². The topological polar surface area (TPSA) is 24.5 Å². The third-order valence-corrected chi connectivity index (χ3v) is 3.44. The van der Waals surface area contributed by atoms with Crippen LogP contribution in [0.3, 0.4) is 0 Å². The standard InChI is InChI=1S/C12H24N2O/c1-2-8-14-9-5-12(10-14)15-11-3-6-13-7-4-11/h11-13H,2-10H2,1H3/t12-/m0/s1. The van der Waals surface area contributed by atoms with E-state index in [1.807, 2.05) is 0 Å². The van der Waals surface area contributed by atoms with Crippen LogP contribution in [0.5, 0.6) is 0 Å². The molecule has 0 unspecified atom stereocenters. The van der Waals surface area contributed by atoms with Crippen molar-refractivity contribution in [2.45, 2.75) is 44.8 Å². The lowest BCUT2D eigenvalue weighted by Gasteiger charge is -2.26. The van der Waals surface area contributed by atoms with Crippen molar-refractivity contribution >= 4 is 0 Å². The summed E-state index contributed by atoms with van der Waals surface area (Å²) < 4.78 is 6.15. The molecule has 0 aromatic heterocycles. The highest BCUT2D eigenvalue weighted by Gasteiger charge is 2.25. The van der Waals surface area contributed by atoms with Gasteiger partial charge in [0.1, 0.15) is 0 Å². The average molecular weight is 212 g/mol. The zero-order valence-corrected chi connectivity index (χ0v) is 9.87. The molecule has 88 valence electrons. The Balaban J connectivity index is 1.67. The molecule has 15 heavy (non-hydrogen) atoms. The van der Waals surface area contributed by atoms with E-state index in [4.69, 9.17) is 4.74 Å². The molecule has 2 heterocycles. The van der Waals surface area contributed by atoms with Crippen molar-refractivity contribution in [1.82, 2.24) is 10.2 Å². The van der Waals surface area contributed by atoms with Crippen LogP contribution >= 0.6 is 0 Å². The van der Waals surface area contributed by atoms with E-state index in [0.29, 0.717) is 12.2 Å². The molecule has 0 aromatic carbocycles. The lowest BCUT2D eigenvalue weighted by molar-refractivity contribution is -0.0206. The second-order valence-corrected chi connectivity index (χ2v) is 4.80. The monoisotopic (exact) mass is 212 g/mol. The number of rotatable bonds is 4. The summed E-state index contributed by atoms with van der Waals surface area (Å²) in [6.45, 7) is 8.17. The fourth-order valence-electron chi connectivity index (χ4n) is 2.63. The molecule has 2 rings (SSSR count). The van der Waals surface area contributed by atoms with Crippen LogP contribution in [0.15, 0.2) is 0 Å². The summed E-state index contributed by atoms with van der Waals surface area (Å²) in [5, 5.41) is 3.38. The van der Waals surface area contributed by atoms with Gasteiger partial charge in [-0.15, -0.1) is 0 Å². The molecule has 0 bridgehead atoms. The minimum absolute atomic E-state index is 0.514. The molecule has 0 amide bonds. The molecular weight excluding hydrogens is 188 g/mol. The van der Waals surface area contributed by atoms with E-state index in [2.05, 4.69) is 17.1 Å². The molecular formula is C12H24N2O. The molecule has 0 spiro atoms. The third kappa shape index (κ3) is 3.44. The van der Waals surface area contributed by atoms with Gasteiger partial charge in [0.25, 0.3) is 0 Å². The van der Waals surface area contributed by atoms with Crippen molar-refractivity contribution in [2.24, 2.45) is 0 Å². The van der Waals surface area contributed by atoms with Crippen LogP contribution in [-0.2, 0) is 4.74 Å². The first-order valence-corrected chi connectivity index (χ1v) is 6.47. The maximum absolute atomic E-state index is 6.15. The van der Waals surface area contributed by atoms with E-state index in [1.54, 1.807) is 0 Å². The Hall–Kier alpha value is -0.120. The van der Waals surface area contributed by atoms with E-state index in [1.165, 1.54) is 38.8 Å². The van der Waals surface area contributed by atoms with Gasteiger partial charge in [0, 0.05) is 13.1 Å². The van der Waals surface area contributed by atoms with Gasteiger partial charge in [0.2, 0.25) is 0 Å². The molecule has 1 N–H and O–H groups in total. The molecule has 3 nitrogen and oxygen atoms in total. The zero-order chi connectivity index (χ0) is 10.5. The van der Waals surface area contributed by atoms with E-state index < -0.39 is 0 Å². The summed E-state index contributed by atoms with van der Waals surface area (Å²) in [5.41, 5.74) is 0. The highest BCUT2D eigenvalue weighted by Crippen LogP contribution is 2.18. The van der Waals surface area contributed by atoms with E-state index in [-0.39, 0.29) is 0 Å². The molecule has 2 aliphatic heterocycles. The summed E-state index contributed by atoms with van der Waals surface area (Å²) in [7, 11) is 0. The second kappa shape index (κ2) is 5.83. The van der Waals surface area contributed by atoms with Crippen LogP contribution in [0.25, 0.3) is 0 Å². The highest BCUT2D eigenvalue weighted by atomic mass is 16.5. The van der Waals surface area contributed by atoms with Crippen LogP contribution in [0.4, 0.5) is 0 Å². The predicted molar refractivity (Wildman–Crippen MR) is 62.1 cm³/mol. The van der Waals surface area contributed by atoms with Crippen molar-refractivity contribution in [3.05, 3.63) is 0 Å². The number of hydrogen-bond donors (Lipinski definition) is 1. The summed E-state index contributed by atoms with van der Waals surface area (Å²) in [4.78, 5) is 2.53. The van der Waals surface area contributed by atoms with Crippen molar-refractivity contribution in [1.29, 1.82) is 0 Å². The molecule has 0 aliphatic carbocycles. The Kier molecular flexibility index (Phi) is 4.42. The summed E-state index contributed by atoms with van der Waals surface area (Å²) in [6.07, 6.45) is 5.94. The zero-order valence-electron chi connectivity index (χ0n) is 9.87. The molecule has 0 saturated carbocycles. The summed E-state index contributed by atoms with van der Waals surface area (Å²) in [6, 6.07) is 0. The number of hydrogen-bond acceptors (Lipinski definition) is 3. The SMILES string of the molecule is CCCN1CC[C@H](OC2CCNCC2)C1. The number of ether oxygens (including phenoxy) is 1. The van der Waals surface area contributed by atoms with E-state index >= 15 is 0 Å². The van der Waals surface area contributed by atoms with Crippen molar-refractivity contribution in [3.8, 4) is 0 Å². The number of likely N-dealkylation sites (tertiary alicyclic amines) is 1. The van der Waals surface area contributed by atoms with Crippen LogP contribution in [0, 0.1) is 0 Å². The normalized spacial score (nSPS) is 29.8. The van der Waals surface area contributed by atoms with Gasteiger partial charge in [-0.1, -0.05) is 6.92 Å². The van der Waals surface area contributed by atoms with Gasteiger partial charge >= 0.3 is 0 Å². The number of nitrogens with one attached hydrogen (secondary N) is 1. The first-order chi connectivity index (χ1) is 7.38. The highest BCUT2D eigenvalue weighted by molar-refractivity contribution is 4.78. The molecule has 1 atom stereocenters. The van der Waals surface area contributed by atoms with Crippen LogP contribution in [0.1, 0.15) is 32.6 Å². The third-order valence-electron chi connectivity index (χ3n) is 3.44. The van der Waals surface area contributed by atoms with Crippen LogP contribution in [0.2, 0.25) is 0 Å². The Bertz CT molecular complexity index is 180. The first kappa shape index (κ1) is 11.4. The Labute approximate surface area is 93.2 Å². The van der Waals surface area contributed by atoms with Gasteiger partial charge in [-0.2, -0.15) is 0 Å². The molecule has 0 aromatic rings. The van der Waals surface area contributed by atoms with Gasteiger partial charge in [-0.3, -0.25) is 0 Å². The van der Waals surface area contributed by atoms with Gasteiger partial charge in [0.15, 0.2) is 0 Å². The van der Waals surface area contributed by atoms with Crippen molar-refractivity contribution in [2.75, 3.05) is 32.7 Å². The van der Waals surface area contributed by atoms with Crippen molar-refractivity contribution < 1.29 is 4.74 Å². The van der Waals surface area contributed by atoms with Gasteiger partial charge in [-0.05, 0) is 45.3 Å². The lowest BCUT2D eigenvalue weighted by Crippen LogP contribution is -2.35.